The van der Waals surface area contributed by atoms with Crippen LogP contribution < -0.4 is 9.80 Å². The molecular weight excluding hydrogens is 457 g/mol. The molecule has 0 saturated carbocycles. The fourth-order valence-corrected chi connectivity index (χ4v) is 5.44. The first-order valence-corrected chi connectivity index (χ1v) is 12.2. The van der Waals surface area contributed by atoms with Crippen molar-refractivity contribution in [3.63, 3.8) is 0 Å². The number of halogens is 1. The Hall–Kier alpha value is -3.40. The lowest BCUT2D eigenvalue weighted by Gasteiger charge is -2.31. The highest BCUT2D eigenvalue weighted by Gasteiger charge is 2.31. The molecule has 3 aromatic rings. The van der Waals surface area contributed by atoms with Crippen molar-refractivity contribution in [1.82, 2.24) is 15.0 Å². The number of rotatable bonds is 5. The van der Waals surface area contributed by atoms with Crippen LogP contribution >= 0.6 is 11.3 Å². The van der Waals surface area contributed by atoms with Crippen molar-refractivity contribution in [2.24, 2.45) is 5.92 Å². The van der Waals surface area contributed by atoms with Gasteiger partial charge in [-0.1, -0.05) is 0 Å². The highest BCUT2D eigenvalue weighted by atomic mass is 32.1. The van der Waals surface area contributed by atoms with Gasteiger partial charge in [-0.2, -0.15) is 4.39 Å². The summed E-state index contributed by atoms with van der Waals surface area (Å²) in [6.07, 6.45) is 5.21. The number of aromatic nitrogens is 3. The van der Waals surface area contributed by atoms with Crippen LogP contribution in [0.25, 0.3) is 10.6 Å². The summed E-state index contributed by atoms with van der Waals surface area (Å²) >= 11 is 1.19. The number of hydrogen-bond donors (Lipinski definition) is 0. The number of ether oxygens (including phenoxy) is 1. The number of carbonyl (C=O) groups excluding carboxylic acids is 2. The van der Waals surface area contributed by atoms with Crippen molar-refractivity contribution >= 4 is 34.7 Å². The minimum absolute atomic E-state index is 0.120. The van der Waals surface area contributed by atoms with Gasteiger partial charge in [0.15, 0.2) is 0 Å². The second kappa shape index (κ2) is 9.46. The van der Waals surface area contributed by atoms with Gasteiger partial charge in [0.05, 0.1) is 35.7 Å². The molecule has 0 atom stereocenters. The molecule has 3 aromatic heterocycles. The highest BCUT2D eigenvalue weighted by Crippen LogP contribution is 2.35. The number of amides is 1. The zero-order valence-corrected chi connectivity index (χ0v) is 19.6. The van der Waals surface area contributed by atoms with Gasteiger partial charge in [0.25, 0.3) is 5.91 Å². The van der Waals surface area contributed by atoms with Crippen LogP contribution in [-0.2, 0) is 16.0 Å². The largest absolute Gasteiger partial charge is 0.466 e. The first kappa shape index (κ1) is 22.4. The normalized spacial score (nSPS) is 16.5. The summed E-state index contributed by atoms with van der Waals surface area (Å²) in [5.74, 6) is -0.518. The monoisotopic (exact) mass is 481 g/mol. The van der Waals surface area contributed by atoms with Crippen molar-refractivity contribution in [2.45, 2.75) is 26.2 Å². The van der Waals surface area contributed by atoms with Gasteiger partial charge in [0.2, 0.25) is 5.95 Å². The fourth-order valence-electron chi connectivity index (χ4n) is 4.37. The Balaban J connectivity index is 1.32. The third-order valence-corrected chi connectivity index (χ3v) is 7.29. The molecule has 0 unspecified atom stereocenters. The predicted molar refractivity (Wildman–Crippen MR) is 126 cm³/mol. The average molecular weight is 482 g/mol. The van der Waals surface area contributed by atoms with Crippen LogP contribution in [0.2, 0.25) is 0 Å². The van der Waals surface area contributed by atoms with Crippen molar-refractivity contribution in [2.75, 3.05) is 36.0 Å². The minimum Gasteiger partial charge on any atom is -0.466 e. The first-order valence-electron chi connectivity index (χ1n) is 11.3. The molecule has 0 radical (unpaired) electrons. The number of hydrogen-bond acceptors (Lipinski definition) is 8. The molecule has 176 valence electrons. The number of carbonyl (C=O) groups is 2. The maximum Gasteiger partial charge on any atom is 0.309 e. The van der Waals surface area contributed by atoms with Gasteiger partial charge in [-0.05, 0) is 44.0 Å². The molecule has 0 bridgehead atoms. The van der Waals surface area contributed by atoms with E-state index in [0.29, 0.717) is 66.9 Å². The Morgan fingerprint density at radius 2 is 2.03 bits per heavy atom. The molecule has 1 amide bonds. The van der Waals surface area contributed by atoms with E-state index in [2.05, 4.69) is 15.0 Å². The van der Waals surface area contributed by atoms with Crippen molar-refractivity contribution in [3.05, 3.63) is 53.2 Å². The number of esters is 1. The van der Waals surface area contributed by atoms with Crippen LogP contribution in [0.3, 0.4) is 0 Å². The molecule has 0 N–H and O–H groups in total. The second-order valence-electron chi connectivity index (χ2n) is 8.23. The zero-order valence-electron chi connectivity index (χ0n) is 18.7. The zero-order chi connectivity index (χ0) is 23.7. The Labute approximate surface area is 200 Å². The lowest BCUT2D eigenvalue weighted by Crippen LogP contribution is -2.37. The molecular formula is C24H24FN5O3S. The summed E-state index contributed by atoms with van der Waals surface area (Å²) in [4.78, 5) is 42.0. The SMILES string of the molecule is CCOC(=O)C1CCN(c2ccc(-c3nc4c(s3)C(=O)N(c3cccnc3)CC4)c(F)n2)CC1. The van der Waals surface area contributed by atoms with E-state index < -0.39 is 5.95 Å². The minimum atomic E-state index is -0.618. The molecule has 5 heterocycles. The molecule has 8 nitrogen and oxygen atoms in total. The van der Waals surface area contributed by atoms with Gasteiger partial charge in [0.1, 0.15) is 15.7 Å². The lowest BCUT2D eigenvalue weighted by atomic mass is 9.97. The summed E-state index contributed by atoms with van der Waals surface area (Å²) in [6.45, 7) is 3.90. The van der Waals surface area contributed by atoms with E-state index in [4.69, 9.17) is 4.74 Å². The third-order valence-electron chi connectivity index (χ3n) is 6.17. The Bertz CT molecular complexity index is 1210. The number of pyridine rings is 2. The quantitative estimate of drug-likeness (QED) is 0.405. The molecule has 10 heteroatoms. The van der Waals surface area contributed by atoms with E-state index >= 15 is 4.39 Å². The van der Waals surface area contributed by atoms with E-state index in [1.165, 1.54) is 11.3 Å². The van der Waals surface area contributed by atoms with E-state index in [0.717, 1.165) is 5.69 Å². The maximum absolute atomic E-state index is 15.1. The molecule has 0 aliphatic carbocycles. The number of piperidine rings is 1. The third kappa shape index (κ3) is 4.25. The van der Waals surface area contributed by atoms with Crippen molar-refractivity contribution in [1.29, 1.82) is 0 Å². The Morgan fingerprint density at radius 3 is 2.74 bits per heavy atom. The van der Waals surface area contributed by atoms with Crippen LogP contribution in [0.5, 0.6) is 0 Å². The number of thiazole rings is 1. The van der Waals surface area contributed by atoms with E-state index in [1.54, 1.807) is 42.4 Å². The van der Waals surface area contributed by atoms with Crippen molar-refractivity contribution in [3.8, 4) is 10.6 Å². The highest BCUT2D eigenvalue weighted by molar-refractivity contribution is 7.17. The van der Waals surface area contributed by atoms with Gasteiger partial charge in [0, 0.05) is 32.3 Å². The predicted octanol–water partition coefficient (Wildman–Crippen LogP) is 3.72. The Morgan fingerprint density at radius 1 is 1.21 bits per heavy atom. The molecule has 0 spiro atoms. The van der Waals surface area contributed by atoms with E-state index in [1.807, 2.05) is 11.0 Å². The summed E-state index contributed by atoms with van der Waals surface area (Å²) in [6, 6.07) is 7.07. The van der Waals surface area contributed by atoms with Crippen LogP contribution in [0.1, 0.15) is 35.1 Å². The topological polar surface area (TPSA) is 88.5 Å². The van der Waals surface area contributed by atoms with Gasteiger partial charge >= 0.3 is 5.97 Å². The number of fused-ring (bicyclic) bond motifs is 1. The van der Waals surface area contributed by atoms with Crippen LogP contribution in [-0.4, -0.2) is 53.1 Å². The molecule has 1 saturated heterocycles. The average Bonchev–Trinajstić information content (AvgIpc) is 3.30. The maximum atomic E-state index is 15.1. The fraction of sp³-hybridized carbons (Fsp3) is 0.375. The van der Waals surface area contributed by atoms with Gasteiger partial charge < -0.3 is 14.5 Å². The molecule has 34 heavy (non-hydrogen) atoms. The van der Waals surface area contributed by atoms with Crippen molar-refractivity contribution < 1.29 is 18.7 Å². The van der Waals surface area contributed by atoms with Crippen LogP contribution in [0, 0.1) is 11.9 Å². The first-order chi connectivity index (χ1) is 16.5. The molecule has 5 rings (SSSR count). The Kier molecular flexibility index (Phi) is 6.23. The smallest absolute Gasteiger partial charge is 0.309 e. The molecule has 2 aliphatic rings. The molecule has 2 aliphatic heterocycles. The second-order valence-corrected chi connectivity index (χ2v) is 9.23. The van der Waals surface area contributed by atoms with Gasteiger partial charge in [-0.15, -0.1) is 11.3 Å². The lowest BCUT2D eigenvalue weighted by molar-refractivity contribution is -0.148. The molecule has 0 aromatic carbocycles. The van der Waals surface area contributed by atoms with Gasteiger partial charge in [-0.25, -0.2) is 9.97 Å². The summed E-state index contributed by atoms with van der Waals surface area (Å²) < 4.78 is 20.2. The van der Waals surface area contributed by atoms with E-state index in [9.17, 15) is 9.59 Å². The van der Waals surface area contributed by atoms with E-state index in [-0.39, 0.29) is 23.4 Å². The summed E-state index contributed by atoms with van der Waals surface area (Å²) in [5, 5.41) is 0.448. The summed E-state index contributed by atoms with van der Waals surface area (Å²) in [7, 11) is 0. The van der Waals surface area contributed by atoms with Crippen LogP contribution in [0.15, 0.2) is 36.7 Å². The standard InChI is InChI=1S/C24H24FN5O3S/c1-2-33-24(32)15-7-11-29(12-8-15)19-6-5-17(21(25)28-19)22-27-18-9-13-30(23(31)20(18)34-22)16-4-3-10-26-14-16/h3-6,10,14-15H,2,7-9,11-13H2,1H3. The molecule has 1 fully saturated rings. The number of anilines is 2. The number of nitrogens with zero attached hydrogens (tertiary/aromatic N) is 5. The van der Waals surface area contributed by atoms with Gasteiger partial charge in [-0.3, -0.25) is 14.6 Å². The van der Waals surface area contributed by atoms with Crippen LogP contribution in [0.4, 0.5) is 15.9 Å². The summed E-state index contributed by atoms with van der Waals surface area (Å²) in [5.41, 5.74) is 1.71.